The molecule has 0 saturated carbocycles. The zero-order chi connectivity index (χ0) is 21.7. The molecule has 1 aliphatic rings. The fourth-order valence-corrected chi connectivity index (χ4v) is 4.50. The Labute approximate surface area is 183 Å². The Hall–Kier alpha value is -4.52. The van der Waals surface area contributed by atoms with Gasteiger partial charge in [-0.25, -0.2) is 15.0 Å². The summed E-state index contributed by atoms with van der Waals surface area (Å²) in [6.45, 7) is 0. The molecule has 1 amide bonds. The Morgan fingerprint density at radius 3 is 2.56 bits per heavy atom. The van der Waals surface area contributed by atoms with Crippen molar-refractivity contribution in [3.8, 4) is 22.3 Å². The summed E-state index contributed by atoms with van der Waals surface area (Å²) >= 11 is 0. The number of fused-ring (bicyclic) bond motifs is 4. The quantitative estimate of drug-likeness (QED) is 0.409. The molecule has 3 heterocycles. The van der Waals surface area contributed by atoms with Crippen molar-refractivity contribution in [3.05, 3.63) is 96.1 Å². The molecule has 7 nitrogen and oxygen atoms in total. The maximum Gasteiger partial charge on any atom is 0.252 e. The zero-order valence-corrected chi connectivity index (χ0v) is 16.9. The number of hydrogen-bond donors (Lipinski definition) is 3. The van der Waals surface area contributed by atoms with E-state index in [0.717, 1.165) is 38.8 Å². The number of H-pyrrole nitrogens is 1. The van der Waals surface area contributed by atoms with Crippen LogP contribution in [-0.2, 0) is 0 Å². The summed E-state index contributed by atoms with van der Waals surface area (Å²) in [6.07, 6.45) is 6.89. The van der Waals surface area contributed by atoms with Crippen LogP contribution in [0.2, 0.25) is 0 Å². The Bertz CT molecular complexity index is 1490. The molecule has 32 heavy (non-hydrogen) atoms. The van der Waals surface area contributed by atoms with Crippen LogP contribution >= 0.6 is 0 Å². The first-order valence-electron chi connectivity index (χ1n) is 10.2. The highest BCUT2D eigenvalue weighted by Gasteiger charge is 2.32. The number of amides is 1. The van der Waals surface area contributed by atoms with Crippen LogP contribution in [0.15, 0.2) is 79.4 Å². The molecule has 7 heteroatoms. The Kier molecular flexibility index (Phi) is 4.01. The number of anilines is 1. The molecule has 2 aromatic carbocycles. The summed E-state index contributed by atoms with van der Waals surface area (Å²) in [7, 11) is 0. The number of hydrogen-bond acceptors (Lipinski definition) is 5. The molecule has 1 unspecified atom stereocenters. The second-order valence-corrected chi connectivity index (χ2v) is 7.69. The van der Waals surface area contributed by atoms with E-state index in [1.807, 2.05) is 30.3 Å². The van der Waals surface area contributed by atoms with Gasteiger partial charge < -0.3 is 16.0 Å². The van der Waals surface area contributed by atoms with E-state index >= 15 is 0 Å². The average molecular weight is 418 g/mol. The topological polar surface area (TPSA) is 110 Å². The van der Waals surface area contributed by atoms with Crippen LogP contribution in [0.3, 0.4) is 0 Å². The number of aromatic nitrogens is 4. The number of carbonyl (C=O) groups excluding carboxylic acids is 1. The molecular formula is C25H18N6O. The van der Waals surface area contributed by atoms with Crippen LogP contribution in [0, 0.1) is 0 Å². The number of nitrogens with two attached hydrogens (primary N) is 1. The number of carbonyl (C=O) groups is 1. The summed E-state index contributed by atoms with van der Waals surface area (Å²) in [6, 6.07) is 17.6. The summed E-state index contributed by atoms with van der Waals surface area (Å²) in [5.74, 6) is 0.0890. The second kappa shape index (κ2) is 7.02. The molecule has 154 valence electrons. The third kappa shape index (κ3) is 2.75. The minimum atomic E-state index is -0.273. The zero-order valence-electron chi connectivity index (χ0n) is 16.9. The highest BCUT2D eigenvalue weighted by atomic mass is 16.1. The molecule has 0 fully saturated rings. The summed E-state index contributed by atoms with van der Waals surface area (Å²) in [5, 5.41) is 4.04. The highest BCUT2D eigenvalue weighted by molar-refractivity contribution is 6.06. The van der Waals surface area contributed by atoms with Gasteiger partial charge in [-0.2, -0.15) is 0 Å². The molecule has 1 aliphatic carbocycles. The van der Waals surface area contributed by atoms with E-state index in [2.05, 4.69) is 43.5 Å². The van der Waals surface area contributed by atoms with Crippen LogP contribution in [-0.4, -0.2) is 25.8 Å². The fraction of sp³-hybridized carbons (Fsp3) is 0.0400. The molecule has 0 aliphatic heterocycles. The van der Waals surface area contributed by atoms with Gasteiger partial charge in [-0.15, -0.1) is 0 Å². The van der Waals surface area contributed by atoms with Crippen LogP contribution in [0.1, 0.15) is 27.5 Å². The van der Waals surface area contributed by atoms with Gasteiger partial charge in [-0.1, -0.05) is 42.5 Å². The third-order valence-electron chi connectivity index (χ3n) is 5.91. The van der Waals surface area contributed by atoms with Gasteiger partial charge in [0.25, 0.3) is 5.91 Å². The van der Waals surface area contributed by atoms with E-state index in [1.165, 1.54) is 0 Å². The van der Waals surface area contributed by atoms with Crippen LogP contribution in [0.5, 0.6) is 0 Å². The average Bonchev–Trinajstić information content (AvgIpc) is 3.43. The Morgan fingerprint density at radius 2 is 1.69 bits per heavy atom. The number of nitrogen functional groups attached to an aromatic ring is 1. The maximum atomic E-state index is 13.3. The SMILES string of the molecule is Nc1ncc(-c2cccc3c2-c2ccccc2C3NC(=O)c2ccnc3[nH]ccc23)cn1. The third-order valence-corrected chi connectivity index (χ3v) is 5.91. The lowest BCUT2D eigenvalue weighted by Gasteiger charge is -2.17. The van der Waals surface area contributed by atoms with Gasteiger partial charge in [0, 0.05) is 35.7 Å². The van der Waals surface area contributed by atoms with Crippen molar-refractivity contribution in [3.63, 3.8) is 0 Å². The number of pyridine rings is 1. The standard InChI is InChI=1S/C25H18N6O/c26-25-29-12-14(13-30-25)15-6-3-7-20-21(15)16-4-1-2-5-17(16)22(20)31-24(32)19-9-11-28-23-18(19)8-10-27-23/h1-13,22H,(H,27,28)(H,31,32)(H2,26,29,30). The van der Waals surface area contributed by atoms with Crippen molar-refractivity contribution in [2.75, 3.05) is 5.73 Å². The normalized spacial score (nSPS) is 14.2. The van der Waals surface area contributed by atoms with Gasteiger partial charge in [-0.05, 0) is 39.9 Å². The van der Waals surface area contributed by atoms with Crippen molar-refractivity contribution in [2.45, 2.75) is 6.04 Å². The molecule has 4 N–H and O–H groups in total. The van der Waals surface area contributed by atoms with E-state index in [-0.39, 0.29) is 17.9 Å². The molecule has 3 aromatic heterocycles. The van der Waals surface area contributed by atoms with Gasteiger partial charge >= 0.3 is 0 Å². The first-order valence-corrected chi connectivity index (χ1v) is 10.2. The Balaban J connectivity index is 1.47. The van der Waals surface area contributed by atoms with Crippen LogP contribution in [0.4, 0.5) is 5.95 Å². The lowest BCUT2D eigenvalue weighted by Crippen LogP contribution is -2.28. The minimum Gasteiger partial charge on any atom is -0.368 e. The number of aromatic amines is 1. The van der Waals surface area contributed by atoms with Crippen molar-refractivity contribution in [1.82, 2.24) is 25.3 Å². The lowest BCUT2D eigenvalue weighted by atomic mass is 9.95. The monoisotopic (exact) mass is 418 g/mol. The lowest BCUT2D eigenvalue weighted by molar-refractivity contribution is 0.0945. The van der Waals surface area contributed by atoms with Crippen LogP contribution < -0.4 is 11.1 Å². The predicted octanol–water partition coefficient (Wildman–Crippen LogP) is 4.10. The molecule has 0 radical (unpaired) electrons. The van der Waals surface area contributed by atoms with Crippen LogP contribution in [0.25, 0.3) is 33.3 Å². The number of benzene rings is 2. The molecule has 0 saturated heterocycles. The molecule has 0 bridgehead atoms. The number of nitrogens with one attached hydrogen (secondary N) is 2. The van der Waals surface area contributed by atoms with Crippen molar-refractivity contribution in [2.24, 2.45) is 0 Å². The first kappa shape index (κ1) is 18.3. The van der Waals surface area contributed by atoms with Gasteiger partial charge in [0.2, 0.25) is 5.95 Å². The Morgan fingerprint density at radius 1 is 0.906 bits per heavy atom. The smallest absolute Gasteiger partial charge is 0.252 e. The van der Waals surface area contributed by atoms with E-state index in [1.54, 1.807) is 30.9 Å². The van der Waals surface area contributed by atoms with E-state index < -0.39 is 0 Å². The van der Waals surface area contributed by atoms with Gasteiger partial charge in [0.15, 0.2) is 0 Å². The molecule has 1 atom stereocenters. The second-order valence-electron chi connectivity index (χ2n) is 7.69. The summed E-state index contributed by atoms with van der Waals surface area (Å²) in [4.78, 5) is 29.0. The van der Waals surface area contributed by atoms with Crippen molar-refractivity contribution >= 4 is 22.9 Å². The first-order chi connectivity index (χ1) is 15.7. The largest absolute Gasteiger partial charge is 0.368 e. The predicted molar refractivity (Wildman–Crippen MR) is 123 cm³/mol. The van der Waals surface area contributed by atoms with E-state index in [0.29, 0.717) is 11.2 Å². The minimum absolute atomic E-state index is 0.147. The van der Waals surface area contributed by atoms with Gasteiger partial charge in [-0.3, -0.25) is 4.79 Å². The molecular weight excluding hydrogens is 400 g/mol. The molecule has 0 spiro atoms. The van der Waals surface area contributed by atoms with Gasteiger partial charge in [0.05, 0.1) is 11.6 Å². The van der Waals surface area contributed by atoms with E-state index in [4.69, 9.17) is 5.73 Å². The summed E-state index contributed by atoms with van der Waals surface area (Å²) in [5.41, 5.74) is 13.1. The molecule has 6 rings (SSSR count). The van der Waals surface area contributed by atoms with Crippen molar-refractivity contribution in [1.29, 1.82) is 0 Å². The number of rotatable bonds is 3. The fourth-order valence-electron chi connectivity index (χ4n) is 4.50. The molecule has 5 aromatic rings. The number of nitrogens with zero attached hydrogens (tertiary/aromatic N) is 3. The van der Waals surface area contributed by atoms with Gasteiger partial charge in [0.1, 0.15) is 5.65 Å². The maximum absolute atomic E-state index is 13.3. The van der Waals surface area contributed by atoms with E-state index in [9.17, 15) is 4.79 Å². The van der Waals surface area contributed by atoms with Crippen molar-refractivity contribution < 1.29 is 4.79 Å². The summed E-state index contributed by atoms with van der Waals surface area (Å²) < 4.78 is 0. The highest BCUT2D eigenvalue weighted by Crippen LogP contribution is 2.47.